The van der Waals surface area contributed by atoms with Crippen molar-refractivity contribution in [1.29, 1.82) is 0 Å². The lowest BCUT2D eigenvalue weighted by molar-refractivity contribution is 0.0320. The minimum Gasteiger partial charge on any atom is -0.476 e. The van der Waals surface area contributed by atoms with Gasteiger partial charge in [0.25, 0.3) is 0 Å². The second-order valence-electron chi connectivity index (χ2n) is 5.77. The maximum absolute atomic E-state index is 5.87. The number of pyridine rings is 1. The Balaban J connectivity index is 1.63. The molecule has 3 heterocycles. The summed E-state index contributed by atoms with van der Waals surface area (Å²) in [4.78, 5) is 9.04. The van der Waals surface area contributed by atoms with E-state index in [0.717, 1.165) is 64.8 Å². The van der Waals surface area contributed by atoms with Gasteiger partial charge in [0.05, 0.1) is 38.3 Å². The second kappa shape index (κ2) is 8.81. The van der Waals surface area contributed by atoms with Crippen molar-refractivity contribution >= 4 is 11.9 Å². The fourth-order valence-electron chi connectivity index (χ4n) is 2.84. The van der Waals surface area contributed by atoms with Crippen molar-refractivity contribution in [3.05, 3.63) is 17.8 Å². The molecule has 0 saturated carbocycles. The molecule has 0 aliphatic carbocycles. The number of hydrogen-bond acceptors (Lipinski definition) is 8. The van der Waals surface area contributed by atoms with Crippen LogP contribution >= 0.6 is 0 Å². The Morgan fingerprint density at radius 2 is 1.83 bits per heavy atom. The average Bonchev–Trinajstić information content (AvgIpc) is 2.63. The third-order valence-corrected chi connectivity index (χ3v) is 4.15. The van der Waals surface area contributed by atoms with Gasteiger partial charge >= 0.3 is 0 Å². The molecule has 8 nitrogen and oxygen atoms in total. The van der Waals surface area contributed by atoms with Gasteiger partial charge in [-0.1, -0.05) is 0 Å². The number of hydrogen-bond donors (Lipinski definition) is 1. The summed E-state index contributed by atoms with van der Waals surface area (Å²) in [6, 6.07) is 3.94. The summed E-state index contributed by atoms with van der Waals surface area (Å²) >= 11 is 0. The third-order valence-electron chi connectivity index (χ3n) is 4.15. The number of anilines is 1. The summed E-state index contributed by atoms with van der Waals surface area (Å²) in [5, 5.41) is 3.58. The van der Waals surface area contributed by atoms with E-state index in [1.165, 1.54) is 0 Å². The van der Waals surface area contributed by atoms with Crippen LogP contribution in [0.2, 0.25) is 0 Å². The highest BCUT2D eigenvalue weighted by molar-refractivity contribution is 5.79. The molecule has 2 aliphatic heterocycles. The van der Waals surface area contributed by atoms with E-state index in [4.69, 9.17) is 20.1 Å². The molecule has 2 aliphatic rings. The minimum absolute atomic E-state index is 0.596. The lowest BCUT2D eigenvalue weighted by Crippen LogP contribution is -2.38. The maximum Gasteiger partial charge on any atom is 0.215 e. The maximum atomic E-state index is 5.87. The van der Waals surface area contributed by atoms with Gasteiger partial charge in [0.15, 0.2) is 0 Å². The summed E-state index contributed by atoms with van der Waals surface area (Å²) in [5.41, 5.74) is 1.76. The highest BCUT2D eigenvalue weighted by Gasteiger charge is 2.14. The van der Waals surface area contributed by atoms with Crippen LogP contribution < -0.4 is 15.5 Å². The van der Waals surface area contributed by atoms with Gasteiger partial charge < -0.3 is 25.0 Å². The molecule has 0 atom stereocenters. The zero-order valence-corrected chi connectivity index (χ0v) is 13.9. The zero-order chi connectivity index (χ0) is 16.6. The van der Waals surface area contributed by atoms with Gasteiger partial charge in [-0.2, -0.15) is 5.10 Å². The minimum atomic E-state index is 0.596. The van der Waals surface area contributed by atoms with Crippen LogP contribution in [0.3, 0.4) is 0 Å². The van der Waals surface area contributed by atoms with Crippen molar-refractivity contribution in [3.8, 4) is 5.88 Å². The number of morpholine rings is 2. The van der Waals surface area contributed by atoms with Gasteiger partial charge in [-0.25, -0.2) is 4.98 Å². The number of hydrazone groups is 1. The molecule has 24 heavy (non-hydrogen) atoms. The number of rotatable bonds is 6. The van der Waals surface area contributed by atoms with E-state index in [0.29, 0.717) is 18.2 Å². The largest absolute Gasteiger partial charge is 0.476 e. The molecule has 0 bridgehead atoms. The Labute approximate surface area is 142 Å². The lowest BCUT2D eigenvalue weighted by Gasteiger charge is -2.29. The van der Waals surface area contributed by atoms with E-state index in [-0.39, 0.29) is 0 Å². The predicted octanol–water partition coefficient (Wildman–Crippen LogP) is -0.0782. The SMILES string of the molecule is NN=Cc1cc(N2CCOCC2)cc(OCCN2CCOCC2)n1. The van der Waals surface area contributed by atoms with Crippen LogP contribution in [-0.2, 0) is 9.47 Å². The quantitative estimate of drug-likeness (QED) is 0.442. The fraction of sp³-hybridized carbons (Fsp3) is 0.625. The van der Waals surface area contributed by atoms with Gasteiger partial charge in [0.1, 0.15) is 6.61 Å². The summed E-state index contributed by atoms with van der Waals surface area (Å²) < 4.78 is 16.6. The first kappa shape index (κ1) is 16.9. The Morgan fingerprint density at radius 3 is 2.54 bits per heavy atom. The van der Waals surface area contributed by atoms with Crippen molar-refractivity contribution < 1.29 is 14.2 Å². The number of ether oxygens (including phenoxy) is 3. The number of aromatic nitrogens is 1. The lowest BCUT2D eigenvalue weighted by atomic mass is 10.2. The van der Waals surface area contributed by atoms with Crippen LogP contribution in [0.25, 0.3) is 0 Å². The topological polar surface area (TPSA) is 85.4 Å². The second-order valence-corrected chi connectivity index (χ2v) is 5.77. The van der Waals surface area contributed by atoms with Crippen LogP contribution in [0.5, 0.6) is 5.88 Å². The van der Waals surface area contributed by atoms with E-state index in [1.807, 2.05) is 12.1 Å². The molecule has 132 valence electrons. The Bertz CT molecular complexity index is 543. The molecule has 0 radical (unpaired) electrons. The van der Waals surface area contributed by atoms with Crippen molar-refractivity contribution in [2.75, 3.05) is 70.7 Å². The molecule has 0 aromatic carbocycles. The van der Waals surface area contributed by atoms with Gasteiger partial charge in [0, 0.05) is 44.5 Å². The average molecular weight is 335 g/mol. The monoisotopic (exact) mass is 335 g/mol. The molecule has 1 aromatic heterocycles. The Hall–Kier alpha value is -1.90. The molecule has 1 aromatic rings. The highest BCUT2D eigenvalue weighted by atomic mass is 16.5. The molecular formula is C16H25N5O3. The summed E-state index contributed by atoms with van der Waals surface area (Å²) in [6.07, 6.45) is 1.54. The van der Waals surface area contributed by atoms with Gasteiger partial charge in [0.2, 0.25) is 5.88 Å². The van der Waals surface area contributed by atoms with Crippen molar-refractivity contribution in [1.82, 2.24) is 9.88 Å². The van der Waals surface area contributed by atoms with Crippen molar-refractivity contribution in [3.63, 3.8) is 0 Å². The highest BCUT2D eigenvalue weighted by Crippen LogP contribution is 2.21. The molecule has 0 spiro atoms. The van der Waals surface area contributed by atoms with Crippen LogP contribution in [0.1, 0.15) is 5.69 Å². The summed E-state index contributed by atoms with van der Waals surface area (Å²) in [5.74, 6) is 5.87. The first-order chi connectivity index (χ1) is 11.8. The van der Waals surface area contributed by atoms with E-state index in [9.17, 15) is 0 Å². The van der Waals surface area contributed by atoms with E-state index < -0.39 is 0 Å². The van der Waals surface area contributed by atoms with Crippen LogP contribution in [0, 0.1) is 0 Å². The molecular weight excluding hydrogens is 310 g/mol. The molecule has 2 fully saturated rings. The standard InChI is InChI=1S/C16H25N5O3/c17-18-13-14-11-15(21-4-8-23-9-5-21)12-16(19-14)24-10-3-20-1-6-22-7-2-20/h11-13H,1-10,17H2. The third kappa shape index (κ3) is 4.80. The molecule has 3 rings (SSSR count). The Morgan fingerprint density at radius 1 is 1.12 bits per heavy atom. The van der Waals surface area contributed by atoms with Crippen molar-refractivity contribution in [2.45, 2.75) is 0 Å². The van der Waals surface area contributed by atoms with Gasteiger partial charge in [-0.3, -0.25) is 4.90 Å². The zero-order valence-electron chi connectivity index (χ0n) is 13.9. The molecule has 0 amide bonds. The van der Waals surface area contributed by atoms with E-state index in [1.54, 1.807) is 6.21 Å². The Kier molecular flexibility index (Phi) is 6.22. The molecule has 2 saturated heterocycles. The molecule has 0 unspecified atom stereocenters. The molecule has 2 N–H and O–H groups in total. The van der Waals surface area contributed by atoms with Crippen LogP contribution in [0.15, 0.2) is 17.2 Å². The normalized spacial score (nSPS) is 19.8. The fourth-order valence-corrected chi connectivity index (χ4v) is 2.84. The van der Waals surface area contributed by atoms with Crippen molar-refractivity contribution in [2.24, 2.45) is 10.9 Å². The predicted molar refractivity (Wildman–Crippen MR) is 91.8 cm³/mol. The summed E-state index contributed by atoms with van der Waals surface area (Å²) in [7, 11) is 0. The van der Waals surface area contributed by atoms with Crippen LogP contribution in [-0.4, -0.2) is 81.9 Å². The van der Waals surface area contributed by atoms with Gasteiger partial charge in [-0.05, 0) is 6.07 Å². The summed E-state index contributed by atoms with van der Waals surface area (Å²) in [6.45, 7) is 8.14. The first-order valence-electron chi connectivity index (χ1n) is 8.36. The molecule has 8 heteroatoms. The smallest absolute Gasteiger partial charge is 0.215 e. The van der Waals surface area contributed by atoms with E-state index >= 15 is 0 Å². The van der Waals surface area contributed by atoms with Crippen LogP contribution in [0.4, 0.5) is 5.69 Å². The first-order valence-corrected chi connectivity index (χ1v) is 8.36. The number of nitrogens with two attached hydrogens (primary N) is 1. The number of nitrogens with zero attached hydrogens (tertiary/aromatic N) is 4. The van der Waals surface area contributed by atoms with E-state index in [2.05, 4.69) is 19.9 Å². The van der Waals surface area contributed by atoms with Gasteiger partial charge in [-0.15, -0.1) is 0 Å².